The first-order valence-electron chi connectivity index (χ1n) is 4.94. The number of thioether (sulfide) groups is 1. The standard InChI is InChI=1S/C9H14F3N3S/c1-2-13-5-8-6-14-15(7-8)3-4-16-9(10,11)12/h6-7,13H,2-5H2,1H3. The highest BCUT2D eigenvalue weighted by Gasteiger charge is 2.27. The number of nitrogens with zero attached hydrogens (tertiary/aromatic N) is 2. The van der Waals surface area contributed by atoms with Gasteiger partial charge < -0.3 is 5.32 Å². The van der Waals surface area contributed by atoms with Gasteiger partial charge in [-0.25, -0.2) is 0 Å². The Balaban J connectivity index is 2.29. The van der Waals surface area contributed by atoms with Crippen molar-refractivity contribution >= 4 is 11.8 Å². The zero-order chi connectivity index (χ0) is 12.0. The summed E-state index contributed by atoms with van der Waals surface area (Å²) in [6.45, 7) is 3.82. The van der Waals surface area contributed by atoms with E-state index < -0.39 is 5.51 Å². The Labute approximate surface area is 96.4 Å². The zero-order valence-electron chi connectivity index (χ0n) is 8.92. The second-order valence-electron chi connectivity index (χ2n) is 3.19. The van der Waals surface area contributed by atoms with Crippen LogP contribution in [0.25, 0.3) is 0 Å². The average molecular weight is 253 g/mol. The number of rotatable bonds is 6. The minimum absolute atomic E-state index is 0.00811. The molecule has 7 heteroatoms. The molecule has 0 amide bonds. The fourth-order valence-electron chi connectivity index (χ4n) is 1.14. The van der Waals surface area contributed by atoms with E-state index >= 15 is 0 Å². The lowest BCUT2D eigenvalue weighted by Crippen LogP contribution is -2.11. The molecule has 1 aromatic heterocycles. The van der Waals surface area contributed by atoms with Crippen LogP contribution in [0.5, 0.6) is 0 Å². The number of aryl methyl sites for hydroxylation is 1. The van der Waals surface area contributed by atoms with E-state index in [9.17, 15) is 13.2 Å². The van der Waals surface area contributed by atoms with Crippen molar-refractivity contribution in [1.29, 1.82) is 0 Å². The number of nitrogens with one attached hydrogen (secondary N) is 1. The molecule has 0 saturated heterocycles. The molecular weight excluding hydrogens is 239 g/mol. The Kier molecular flexibility index (Phi) is 5.14. The summed E-state index contributed by atoms with van der Waals surface area (Å²) in [6.07, 6.45) is 3.43. The van der Waals surface area contributed by atoms with Gasteiger partial charge in [-0.15, -0.1) is 0 Å². The first-order chi connectivity index (χ1) is 7.51. The normalized spacial score (nSPS) is 12.0. The lowest BCUT2D eigenvalue weighted by atomic mass is 10.3. The first-order valence-corrected chi connectivity index (χ1v) is 5.92. The largest absolute Gasteiger partial charge is 0.441 e. The van der Waals surface area contributed by atoms with Gasteiger partial charge in [0, 0.05) is 24.1 Å². The van der Waals surface area contributed by atoms with Crippen LogP contribution in [0.4, 0.5) is 13.2 Å². The summed E-state index contributed by atoms with van der Waals surface area (Å²) in [6, 6.07) is 0. The maximum Gasteiger partial charge on any atom is 0.441 e. The van der Waals surface area contributed by atoms with Crippen LogP contribution in [0, 0.1) is 0 Å². The highest BCUT2D eigenvalue weighted by Crippen LogP contribution is 2.29. The quantitative estimate of drug-likeness (QED) is 0.843. The molecule has 3 nitrogen and oxygen atoms in total. The molecule has 0 radical (unpaired) electrons. The molecule has 92 valence electrons. The average Bonchev–Trinajstić information content (AvgIpc) is 2.61. The summed E-state index contributed by atoms with van der Waals surface area (Å²) in [7, 11) is 0. The number of hydrogen-bond donors (Lipinski definition) is 1. The molecule has 1 N–H and O–H groups in total. The van der Waals surface area contributed by atoms with Crippen LogP contribution in [0.1, 0.15) is 12.5 Å². The van der Waals surface area contributed by atoms with Crippen molar-refractivity contribution in [2.45, 2.75) is 25.5 Å². The molecule has 0 aliphatic heterocycles. The zero-order valence-corrected chi connectivity index (χ0v) is 9.74. The summed E-state index contributed by atoms with van der Waals surface area (Å²) >= 11 is -0.0209. The second kappa shape index (κ2) is 6.15. The Morgan fingerprint density at radius 2 is 2.25 bits per heavy atom. The molecular formula is C9H14F3N3S. The van der Waals surface area contributed by atoms with Crippen molar-refractivity contribution in [3.05, 3.63) is 18.0 Å². The van der Waals surface area contributed by atoms with Crippen LogP contribution < -0.4 is 5.32 Å². The van der Waals surface area contributed by atoms with Gasteiger partial charge in [0.15, 0.2) is 0 Å². The number of alkyl halides is 3. The molecule has 0 bridgehead atoms. The Bertz CT molecular complexity index is 311. The van der Waals surface area contributed by atoms with E-state index in [0.717, 1.165) is 12.1 Å². The van der Waals surface area contributed by atoms with Gasteiger partial charge >= 0.3 is 5.51 Å². The monoisotopic (exact) mass is 253 g/mol. The van der Waals surface area contributed by atoms with Gasteiger partial charge in [0.05, 0.1) is 12.7 Å². The molecule has 0 aliphatic carbocycles. The van der Waals surface area contributed by atoms with Crippen molar-refractivity contribution in [2.75, 3.05) is 12.3 Å². The van der Waals surface area contributed by atoms with Gasteiger partial charge in [-0.1, -0.05) is 6.92 Å². The van der Waals surface area contributed by atoms with Crippen molar-refractivity contribution in [2.24, 2.45) is 0 Å². The van der Waals surface area contributed by atoms with Crippen LogP contribution in [-0.4, -0.2) is 27.6 Å². The number of halogens is 3. The smallest absolute Gasteiger partial charge is 0.313 e. The molecule has 0 unspecified atom stereocenters. The third kappa shape index (κ3) is 5.41. The molecule has 1 aromatic rings. The molecule has 0 fully saturated rings. The minimum Gasteiger partial charge on any atom is -0.313 e. The van der Waals surface area contributed by atoms with Gasteiger partial charge in [0.2, 0.25) is 0 Å². The van der Waals surface area contributed by atoms with Gasteiger partial charge in [-0.05, 0) is 18.3 Å². The van der Waals surface area contributed by atoms with Gasteiger partial charge in [-0.3, -0.25) is 4.68 Å². The van der Waals surface area contributed by atoms with Crippen molar-refractivity contribution in [3.8, 4) is 0 Å². The third-order valence-corrected chi connectivity index (χ3v) is 2.57. The van der Waals surface area contributed by atoms with Crippen LogP contribution in [-0.2, 0) is 13.1 Å². The molecule has 0 spiro atoms. The number of hydrogen-bond acceptors (Lipinski definition) is 3. The Hall–Kier alpha value is -0.690. The molecule has 0 aliphatic rings. The fraction of sp³-hybridized carbons (Fsp3) is 0.667. The van der Waals surface area contributed by atoms with E-state index in [1.165, 1.54) is 4.68 Å². The lowest BCUT2D eigenvalue weighted by molar-refractivity contribution is -0.0328. The van der Waals surface area contributed by atoms with Crippen LogP contribution in [0.15, 0.2) is 12.4 Å². The molecule has 1 heterocycles. The summed E-state index contributed by atoms with van der Waals surface area (Å²) in [5.41, 5.74) is -3.17. The Morgan fingerprint density at radius 3 is 2.88 bits per heavy atom. The fourth-order valence-corrected chi connectivity index (χ4v) is 1.65. The van der Waals surface area contributed by atoms with E-state index in [0.29, 0.717) is 6.54 Å². The van der Waals surface area contributed by atoms with E-state index in [4.69, 9.17) is 0 Å². The van der Waals surface area contributed by atoms with Crippen LogP contribution in [0.3, 0.4) is 0 Å². The highest BCUT2D eigenvalue weighted by atomic mass is 32.2. The van der Waals surface area contributed by atoms with E-state index in [1.807, 2.05) is 6.92 Å². The summed E-state index contributed by atoms with van der Waals surface area (Å²) in [5.74, 6) is -0.00811. The minimum atomic E-state index is -4.15. The Morgan fingerprint density at radius 1 is 1.50 bits per heavy atom. The van der Waals surface area contributed by atoms with E-state index in [2.05, 4.69) is 10.4 Å². The predicted molar refractivity (Wildman–Crippen MR) is 58.1 cm³/mol. The first kappa shape index (κ1) is 13.4. The summed E-state index contributed by atoms with van der Waals surface area (Å²) in [4.78, 5) is 0. The maximum absolute atomic E-state index is 11.9. The van der Waals surface area contributed by atoms with Crippen LogP contribution >= 0.6 is 11.8 Å². The summed E-state index contributed by atoms with van der Waals surface area (Å²) < 4.78 is 37.1. The van der Waals surface area contributed by atoms with Gasteiger partial charge in [0.1, 0.15) is 0 Å². The lowest BCUT2D eigenvalue weighted by Gasteiger charge is -2.05. The molecule has 0 atom stereocenters. The molecule has 1 rings (SSSR count). The van der Waals surface area contributed by atoms with E-state index in [-0.39, 0.29) is 24.1 Å². The topological polar surface area (TPSA) is 29.9 Å². The number of aromatic nitrogens is 2. The van der Waals surface area contributed by atoms with Gasteiger partial charge in [0.25, 0.3) is 0 Å². The summed E-state index contributed by atoms with van der Waals surface area (Å²) in [5, 5.41) is 7.10. The molecule has 0 aromatic carbocycles. The molecule has 0 saturated carbocycles. The van der Waals surface area contributed by atoms with E-state index in [1.54, 1.807) is 12.4 Å². The van der Waals surface area contributed by atoms with Crippen molar-refractivity contribution in [3.63, 3.8) is 0 Å². The van der Waals surface area contributed by atoms with Crippen molar-refractivity contribution < 1.29 is 13.2 Å². The third-order valence-electron chi connectivity index (χ3n) is 1.85. The molecule has 16 heavy (non-hydrogen) atoms. The predicted octanol–water partition coefficient (Wildman–Crippen LogP) is 2.25. The SMILES string of the molecule is CCNCc1cnn(CCSC(F)(F)F)c1. The highest BCUT2D eigenvalue weighted by molar-refractivity contribution is 8.00. The van der Waals surface area contributed by atoms with Gasteiger partial charge in [-0.2, -0.15) is 18.3 Å². The second-order valence-corrected chi connectivity index (χ2v) is 4.35. The van der Waals surface area contributed by atoms with Crippen LogP contribution in [0.2, 0.25) is 0 Å². The maximum atomic E-state index is 11.9. The van der Waals surface area contributed by atoms with Crippen molar-refractivity contribution in [1.82, 2.24) is 15.1 Å².